The minimum atomic E-state index is -0.156. The summed E-state index contributed by atoms with van der Waals surface area (Å²) in [6, 6.07) is 5.77. The summed E-state index contributed by atoms with van der Waals surface area (Å²) in [6.07, 6.45) is 6.42. The van der Waals surface area contributed by atoms with Crippen LogP contribution in [0.15, 0.2) is 24.4 Å². The normalized spacial score (nSPS) is 16.1. The molecule has 134 valence electrons. The molecular weight excluding hydrogens is 316 g/mol. The van der Waals surface area contributed by atoms with Gasteiger partial charge in [-0.2, -0.15) is 0 Å². The van der Waals surface area contributed by atoms with Crippen LogP contribution in [-0.2, 0) is 16.1 Å². The maximum atomic E-state index is 12.1. The Morgan fingerprint density at radius 3 is 2.80 bits per heavy atom. The molecule has 6 nitrogen and oxygen atoms in total. The Morgan fingerprint density at radius 2 is 2.08 bits per heavy atom. The average molecular weight is 342 g/mol. The number of aryl methyl sites for hydroxylation is 1. The van der Waals surface area contributed by atoms with E-state index in [0.717, 1.165) is 42.7 Å². The molecule has 2 aromatic heterocycles. The van der Waals surface area contributed by atoms with Gasteiger partial charge >= 0.3 is 0 Å². The third-order valence-electron chi connectivity index (χ3n) is 4.82. The standard InChI is InChI=1S/C19H26N4O2/c1-13(21-19(25)15-7-3-4-8-15)10-18(24)20-11-16-12-23-14(2)6-5-9-17(23)22-16/h5-6,9,12-13,15H,3-4,7-8,10-11H2,1-2H3,(H,20,24)(H,21,25). The van der Waals surface area contributed by atoms with Gasteiger partial charge in [-0.15, -0.1) is 0 Å². The van der Waals surface area contributed by atoms with Crippen molar-refractivity contribution in [2.75, 3.05) is 0 Å². The van der Waals surface area contributed by atoms with Crippen molar-refractivity contribution in [3.05, 3.63) is 35.8 Å². The summed E-state index contributed by atoms with van der Waals surface area (Å²) in [4.78, 5) is 28.7. The first-order chi connectivity index (χ1) is 12.0. The number of rotatable bonds is 6. The van der Waals surface area contributed by atoms with Crippen molar-refractivity contribution in [1.82, 2.24) is 20.0 Å². The third-order valence-corrected chi connectivity index (χ3v) is 4.82. The molecule has 2 aromatic rings. The Kier molecular flexibility index (Phi) is 5.36. The molecule has 1 atom stereocenters. The number of amides is 2. The van der Waals surface area contributed by atoms with E-state index in [2.05, 4.69) is 15.6 Å². The first-order valence-electron chi connectivity index (χ1n) is 9.03. The Bertz CT molecular complexity index is 762. The number of pyridine rings is 1. The van der Waals surface area contributed by atoms with E-state index in [-0.39, 0.29) is 30.2 Å². The van der Waals surface area contributed by atoms with Crippen molar-refractivity contribution in [3.8, 4) is 0 Å². The Balaban J connectivity index is 1.46. The van der Waals surface area contributed by atoms with Gasteiger partial charge in [0.2, 0.25) is 11.8 Å². The lowest BCUT2D eigenvalue weighted by molar-refractivity contribution is -0.126. The molecule has 2 amide bonds. The van der Waals surface area contributed by atoms with Crippen molar-refractivity contribution < 1.29 is 9.59 Å². The maximum Gasteiger partial charge on any atom is 0.223 e. The fraction of sp³-hybridized carbons (Fsp3) is 0.526. The van der Waals surface area contributed by atoms with Crippen LogP contribution in [0.1, 0.15) is 50.4 Å². The summed E-state index contributed by atoms with van der Waals surface area (Å²) >= 11 is 0. The van der Waals surface area contributed by atoms with Crippen LogP contribution in [0.25, 0.3) is 5.65 Å². The zero-order valence-corrected chi connectivity index (χ0v) is 14.9. The second-order valence-corrected chi connectivity index (χ2v) is 7.00. The number of imidazole rings is 1. The monoisotopic (exact) mass is 342 g/mol. The summed E-state index contributed by atoms with van der Waals surface area (Å²) in [5.74, 6) is 0.147. The molecule has 2 heterocycles. The van der Waals surface area contributed by atoms with Crippen LogP contribution in [-0.4, -0.2) is 27.2 Å². The van der Waals surface area contributed by atoms with Gasteiger partial charge in [-0.05, 0) is 38.8 Å². The van der Waals surface area contributed by atoms with Crippen LogP contribution in [0, 0.1) is 12.8 Å². The SMILES string of the molecule is Cc1cccc2nc(CNC(=O)CC(C)NC(=O)C3CCCC3)cn12. The van der Waals surface area contributed by atoms with Gasteiger partial charge in [0.05, 0.1) is 12.2 Å². The van der Waals surface area contributed by atoms with Crippen molar-refractivity contribution >= 4 is 17.5 Å². The van der Waals surface area contributed by atoms with Gasteiger partial charge in [0.1, 0.15) is 5.65 Å². The molecule has 0 bridgehead atoms. The van der Waals surface area contributed by atoms with Crippen molar-refractivity contribution in [2.45, 2.75) is 58.5 Å². The molecule has 6 heteroatoms. The van der Waals surface area contributed by atoms with E-state index >= 15 is 0 Å². The maximum absolute atomic E-state index is 12.1. The largest absolute Gasteiger partial charge is 0.353 e. The lowest BCUT2D eigenvalue weighted by atomic mass is 10.1. The van der Waals surface area contributed by atoms with E-state index < -0.39 is 0 Å². The molecule has 1 fully saturated rings. The average Bonchev–Trinajstić information content (AvgIpc) is 3.23. The molecule has 1 unspecified atom stereocenters. The molecule has 1 aliphatic rings. The first-order valence-corrected chi connectivity index (χ1v) is 9.03. The molecule has 0 aliphatic heterocycles. The minimum Gasteiger partial charge on any atom is -0.353 e. The second-order valence-electron chi connectivity index (χ2n) is 7.00. The number of nitrogens with one attached hydrogen (secondary N) is 2. The van der Waals surface area contributed by atoms with E-state index in [1.54, 1.807) is 0 Å². The van der Waals surface area contributed by atoms with Gasteiger partial charge in [0, 0.05) is 30.3 Å². The van der Waals surface area contributed by atoms with E-state index in [1.165, 1.54) is 0 Å². The predicted molar refractivity (Wildman–Crippen MR) is 96.0 cm³/mol. The van der Waals surface area contributed by atoms with Gasteiger partial charge in [-0.1, -0.05) is 18.9 Å². The molecule has 3 rings (SSSR count). The fourth-order valence-corrected chi connectivity index (χ4v) is 3.42. The highest BCUT2D eigenvalue weighted by atomic mass is 16.2. The van der Waals surface area contributed by atoms with Crippen LogP contribution in [0.4, 0.5) is 0 Å². The predicted octanol–water partition coefficient (Wildman–Crippen LogP) is 2.34. The molecule has 0 aromatic carbocycles. The van der Waals surface area contributed by atoms with E-state index in [9.17, 15) is 9.59 Å². The number of hydrogen-bond acceptors (Lipinski definition) is 3. The van der Waals surface area contributed by atoms with Crippen LogP contribution < -0.4 is 10.6 Å². The molecule has 0 radical (unpaired) electrons. The van der Waals surface area contributed by atoms with Crippen molar-refractivity contribution in [1.29, 1.82) is 0 Å². The van der Waals surface area contributed by atoms with Crippen molar-refractivity contribution in [3.63, 3.8) is 0 Å². The van der Waals surface area contributed by atoms with Crippen LogP contribution in [0.5, 0.6) is 0 Å². The number of nitrogens with zero attached hydrogens (tertiary/aromatic N) is 2. The van der Waals surface area contributed by atoms with Crippen molar-refractivity contribution in [2.24, 2.45) is 5.92 Å². The highest BCUT2D eigenvalue weighted by Gasteiger charge is 2.24. The second kappa shape index (κ2) is 7.68. The third kappa shape index (κ3) is 4.38. The Hall–Kier alpha value is -2.37. The quantitative estimate of drug-likeness (QED) is 0.846. The fourth-order valence-electron chi connectivity index (χ4n) is 3.42. The summed E-state index contributed by atoms with van der Waals surface area (Å²) in [5, 5.41) is 5.85. The Morgan fingerprint density at radius 1 is 1.32 bits per heavy atom. The van der Waals surface area contributed by atoms with Crippen LogP contribution in [0.2, 0.25) is 0 Å². The number of carbonyl (C=O) groups is 2. The number of carbonyl (C=O) groups excluding carboxylic acids is 2. The van der Waals surface area contributed by atoms with Gasteiger partial charge in [0.15, 0.2) is 0 Å². The highest BCUT2D eigenvalue weighted by Crippen LogP contribution is 2.24. The zero-order valence-electron chi connectivity index (χ0n) is 14.9. The molecule has 0 spiro atoms. The summed E-state index contributed by atoms with van der Waals surface area (Å²) < 4.78 is 2.01. The first kappa shape index (κ1) is 17.5. The topological polar surface area (TPSA) is 75.5 Å². The molecule has 25 heavy (non-hydrogen) atoms. The zero-order chi connectivity index (χ0) is 17.8. The molecular formula is C19H26N4O2. The van der Waals surface area contributed by atoms with Gasteiger partial charge in [-0.25, -0.2) is 4.98 Å². The van der Waals surface area contributed by atoms with E-state index in [1.807, 2.05) is 42.6 Å². The van der Waals surface area contributed by atoms with Crippen LogP contribution in [0.3, 0.4) is 0 Å². The van der Waals surface area contributed by atoms with Crippen LogP contribution >= 0.6 is 0 Å². The highest BCUT2D eigenvalue weighted by molar-refractivity contribution is 5.81. The lowest BCUT2D eigenvalue weighted by Crippen LogP contribution is -2.39. The number of fused-ring (bicyclic) bond motifs is 1. The summed E-state index contributed by atoms with van der Waals surface area (Å²) in [7, 11) is 0. The molecule has 0 saturated heterocycles. The summed E-state index contributed by atoms with van der Waals surface area (Å²) in [5.41, 5.74) is 2.80. The Labute approximate surface area is 148 Å². The number of aromatic nitrogens is 2. The minimum absolute atomic E-state index is 0.0759. The van der Waals surface area contributed by atoms with Gasteiger partial charge in [0.25, 0.3) is 0 Å². The molecule has 2 N–H and O–H groups in total. The van der Waals surface area contributed by atoms with E-state index in [4.69, 9.17) is 0 Å². The summed E-state index contributed by atoms with van der Waals surface area (Å²) in [6.45, 7) is 4.29. The lowest BCUT2D eigenvalue weighted by Gasteiger charge is -2.16. The molecule has 1 aliphatic carbocycles. The van der Waals surface area contributed by atoms with Gasteiger partial charge < -0.3 is 15.0 Å². The van der Waals surface area contributed by atoms with E-state index in [0.29, 0.717) is 6.54 Å². The van der Waals surface area contributed by atoms with Gasteiger partial charge in [-0.3, -0.25) is 9.59 Å². The number of hydrogen-bond donors (Lipinski definition) is 2. The molecule has 1 saturated carbocycles. The smallest absolute Gasteiger partial charge is 0.223 e.